The van der Waals surface area contributed by atoms with E-state index in [0.29, 0.717) is 30.7 Å². The second kappa shape index (κ2) is 7.30. The molecule has 1 aromatic carbocycles. The van der Waals surface area contributed by atoms with Crippen LogP contribution in [0.4, 0.5) is 0 Å². The Bertz CT molecular complexity index is 1170. The molecule has 1 saturated carbocycles. The second-order valence-corrected chi connectivity index (χ2v) is 12.1. The minimum atomic E-state index is -3.69. The van der Waals surface area contributed by atoms with E-state index in [9.17, 15) is 16.8 Å². The van der Waals surface area contributed by atoms with Crippen LogP contribution >= 0.6 is 0 Å². The number of fused-ring (bicyclic) bond motifs is 3. The predicted octanol–water partition coefficient (Wildman–Crippen LogP) is 2.58. The van der Waals surface area contributed by atoms with Crippen LogP contribution in [-0.4, -0.2) is 34.6 Å². The number of hydrogen-bond acceptors (Lipinski definition) is 5. The van der Waals surface area contributed by atoms with Gasteiger partial charge < -0.3 is 0 Å². The molecule has 0 amide bonds. The smallest absolute Gasteiger partial charge is 0.241 e. The molecule has 1 atom stereocenters. The fraction of sp³-hybridized carbons (Fsp3) is 0.550. The van der Waals surface area contributed by atoms with Crippen molar-refractivity contribution in [1.82, 2.24) is 14.4 Å². The van der Waals surface area contributed by atoms with E-state index in [4.69, 9.17) is 0 Å². The first-order chi connectivity index (χ1) is 13.5. The summed E-state index contributed by atoms with van der Waals surface area (Å²) < 4.78 is 55.3. The van der Waals surface area contributed by atoms with Crippen LogP contribution in [0.15, 0.2) is 23.2 Å². The van der Waals surface area contributed by atoms with Crippen molar-refractivity contribution in [2.24, 2.45) is 5.92 Å². The molecule has 29 heavy (non-hydrogen) atoms. The van der Waals surface area contributed by atoms with Crippen molar-refractivity contribution in [1.29, 1.82) is 0 Å². The van der Waals surface area contributed by atoms with Crippen LogP contribution in [0.3, 0.4) is 0 Å². The van der Waals surface area contributed by atoms with Gasteiger partial charge in [-0.25, -0.2) is 26.3 Å². The molecule has 2 aromatic rings. The molecule has 1 heterocycles. The number of nitrogens with one attached hydrogen (secondary N) is 2. The summed E-state index contributed by atoms with van der Waals surface area (Å²) in [5, 5.41) is 1.34. The molecule has 0 aliphatic heterocycles. The molecule has 1 unspecified atom stereocenters. The van der Waals surface area contributed by atoms with Crippen LogP contribution in [-0.2, 0) is 26.5 Å². The zero-order chi connectivity index (χ0) is 21.0. The summed E-state index contributed by atoms with van der Waals surface area (Å²) >= 11 is 0. The van der Waals surface area contributed by atoms with Gasteiger partial charge >= 0.3 is 0 Å². The molecular weight excluding hydrogens is 410 g/mol. The monoisotopic (exact) mass is 437 g/mol. The average Bonchev–Trinajstić information content (AvgIpc) is 3.40. The van der Waals surface area contributed by atoms with Gasteiger partial charge in [-0.15, -0.1) is 0 Å². The molecule has 9 heteroatoms. The number of hydrogen-bond donors (Lipinski definition) is 2. The summed E-state index contributed by atoms with van der Waals surface area (Å²) in [5.74, 6) is 0.578. The lowest BCUT2D eigenvalue weighted by atomic mass is 9.99. The van der Waals surface area contributed by atoms with Gasteiger partial charge in [0.05, 0.1) is 11.2 Å². The molecule has 1 aromatic heterocycles. The van der Waals surface area contributed by atoms with Crippen molar-refractivity contribution in [2.75, 3.05) is 12.8 Å². The lowest BCUT2D eigenvalue weighted by Crippen LogP contribution is -2.28. The highest BCUT2D eigenvalue weighted by atomic mass is 32.2. The van der Waals surface area contributed by atoms with E-state index in [2.05, 4.69) is 14.4 Å². The highest BCUT2D eigenvalue weighted by Crippen LogP contribution is 2.43. The molecule has 0 spiro atoms. The Morgan fingerprint density at radius 1 is 1.10 bits per heavy atom. The van der Waals surface area contributed by atoms with Crippen LogP contribution in [0.1, 0.15) is 61.9 Å². The van der Waals surface area contributed by atoms with Crippen molar-refractivity contribution >= 4 is 30.8 Å². The number of sulfonamides is 2. The molecule has 0 radical (unpaired) electrons. The summed E-state index contributed by atoms with van der Waals surface area (Å²) in [7, 11) is -7.08. The van der Waals surface area contributed by atoms with Crippen LogP contribution in [0.25, 0.3) is 10.8 Å². The molecule has 0 bridgehead atoms. The van der Waals surface area contributed by atoms with Crippen molar-refractivity contribution < 1.29 is 16.8 Å². The number of aryl methyl sites for hydroxylation is 1. The highest BCUT2D eigenvalue weighted by molar-refractivity contribution is 7.89. The Hall–Kier alpha value is -1.55. The molecule has 4 rings (SSSR count). The second-order valence-electron chi connectivity index (χ2n) is 8.60. The van der Waals surface area contributed by atoms with Gasteiger partial charge in [0.15, 0.2) is 0 Å². The van der Waals surface area contributed by atoms with E-state index in [1.54, 1.807) is 12.3 Å². The van der Waals surface area contributed by atoms with E-state index >= 15 is 0 Å². The Morgan fingerprint density at radius 3 is 2.45 bits per heavy atom. The number of rotatable bonds is 7. The predicted molar refractivity (Wildman–Crippen MR) is 113 cm³/mol. The van der Waals surface area contributed by atoms with Gasteiger partial charge in [0.1, 0.15) is 0 Å². The topological polar surface area (TPSA) is 105 Å². The molecule has 0 saturated heterocycles. The normalized spacial score (nSPS) is 19.8. The average molecular weight is 438 g/mol. The summed E-state index contributed by atoms with van der Waals surface area (Å²) in [5.41, 5.74) is 2.62. The van der Waals surface area contributed by atoms with Gasteiger partial charge in [0, 0.05) is 41.2 Å². The van der Waals surface area contributed by atoms with Gasteiger partial charge in [-0.2, -0.15) is 0 Å². The first kappa shape index (κ1) is 20.7. The van der Waals surface area contributed by atoms with E-state index in [0.717, 1.165) is 41.3 Å². The van der Waals surface area contributed by atoms with Gasteiger partial charge in [0.2, 0.25) is 20.0 Å². The van der Waals surface area contributed by atoms with E-state index in [-0.39, 0.29) is 16.9 Å². The number of pyridine rings is 1. The Morgan fingerprint density at radius 2 is 1.83 bits per heavy atom. The Balaban J connectivity index is 1.90. The third kappa shape index (κ3) is 4.33. The number of benzene rings is 1. The minimum Gasteiger partial charge on any atom is -0.260 e. The summed E-state index contributed by atoms with van der Waals surface area (Å²) in [6.45, 7) is 4.28. The summed E-state index contributed by atoms with van der Waals surface area (Å²) in [6, 6.07) is 3.24. The van der Waals surface area contributed by atoms with Gasteiger partial charge in [0.25, 0.3) is 0 Å². The molecule has 7 nitrogen and oxygen atoms in total. The van der Waals surface area contributed by atoms with E-state index in [1.807, 2.05) is 19.9 Å². The maximum atomic E-state index is 13.1. The first-order valence-corrected chi connectivity index (χ1v) is 13.3. The summed E-state index contributed by atoms with van der Waals surface area (Å²) in [6.07, 6.45) is 6.22. The van der Waals surface area contributed by atoms with Crippen LogP contribution in [0.5, 0.6) is 0 Å². The maximum absolute atomic E-state index is 13.1. The maximum Gasteiger partial charge on any atom is 0.241 e. The lowest BCUT2D eigenvalue weighted by molar-refractivity contribution is 0.559. The van der Waals surface area contributed by atoms with E-state index < -0.39 is 20.0 Å². The Labute approximate surface area is 172 Å². The van der Waals surface area contributed by atoms with Gasteiger partial charge in [-0.1, -0.05) is 13.8 Å². The molecule has 2 aliphatic carbocycles. The third-order valence-electron chi connectivity index (χ3n) is 5.51. The lowest BCUT2D eigenvalue weighted by Gasteiger charge is -2.18. The van der Waals surface area contributed by atoms with Crippen molar-refractivity contribution in [3.05, 3.63) is 35.2 Å². The summed E-state index contributed by atoms with van der Waals surface area (Å²) in [4.78, 5) is 4.84. The van der Waals surface area contributed by atoms with Gasteiger partial charge in [-0.05, 0) is 54.9 Å². The van der Waals surface area contributed by atoms with Crippen molar-refractivity contribution in [3.8, 4) is 0 Å². The first-order valence-electron chi connectivity index (χ1n) is 9.97. The SMILES string of the molecule is CC(C)CNS(=O)(=O)c1cc2c(c3cnc(C4CC4)cc13)C(NS(C)(=O)=O)CC2. The largest absolute Gasteiger partial charge is 0.260 e. The van der Waals surface area contributed by atoms with Gasteiger partial charge in [-0.3, -0.25) is 4.98 Å². The quantitative estimate of drug-likeness (QED) is 0.693. The zero-order valence-corrected chi connectivity index (χ0v) is 18.5. The van der Waals surface area contributed by atoms with Crippen LogP contribution in [0, 0.1) is 5.92 Å². The van der Waals surface area contributed by atoms with Crippen LogP contribution < -0.4 is 9.44 Å². The van der Waals surface area contributed by atoms with Crippen LogP contribution in [0.2, 0.25) is 0 Å². The standard InChI is InChI=1S/C20H27N3O4S2/c1-12(2)10-22-29(26,27)19-8-14-6-7-17(23-28(3,24)25)20(14)16-11-21-18(9-15(16)19)13-4-5-13/h8-9,11-13,17,22-23H,4-7,10H2,1-3H3. The molecule has 1 fully saturated rings. The minimum absolute atomic E-state index is 0.192. The molecular formula is C20H27N3O4S2. The Kier molecular flexibility index (Phi) is 5.21. The third-order valence-corrected chi connectivity index (χ3v) is 7.68. The molecule has 158 valence electrons. The van der Waals surface area contributed by atoms with Crippen molar-refractivity contribution in [3.63, 3.8) is 0 Å². The van der Waals surface area contributed by atoms with E-state index in [1.165, 1.54) is 0 Å². The zero-order valence-electron chi connectivity index (χ0n) is 16.9. The number of nitrogens with zero attached hydrogens (tertiary/aromatic N) is 1. The van der Waals surface area contributed by atoms with Crippen molar-refractivity contribution in [2.45, 2.75) is 56.4 Å². The fourth-order valence-corrected chi connectivity index (χ4v) is 6.21. The molecule has 2 N–H and O–H groups in total. The number of aromatic nitrogens is 1. The highest BCUT2D eigenvalue weighted by Gasteiger charge is 2.32. The molecule has 2 aliphatic rings. The fourth-order valence-electron chi connectivity index (χ4n) is 3.99.